The fourth-order valence-corrected chi connectivity index (χ4v) is 2.94. The van der Waals surface area contributed by atoms with E-state index < -0.39 is 0 Å². The molecule has 7 heteroatoms. The van der Waals surface area contributed by atoms with Crippen molar-refractivity contribution in [3.8, 4) is 0 Å². The van der Waals surface area contributed by atoms with Crippen LogP contribution in [0.4, 0.5) is 5.69 Å². The number of nitrogens with zero attached hydrogens (tertiary/aromatic N) is 1. The Labute approximate surface area is 157 Å². The van der Waals surface area contributed by atoms with Crippen molar-refractivity contribution in [3.63, 3.8) is 0 Å². The summed E-state index contributed by atoms with van der Waals surface area (Å²) >= 11 is 1.32. The number of carbonyl (C=O) groups excluding carboxylic acids is 3. The molecule has 0 spiro atoms. The fourth-order valence-electron chi connectivity index (χ4n) is 2.32. The number of thiophene rings is 1. The Morgan fingerprint density at radius 1 is 1.08 bits per heavy atom. The van der Waals surface area contributed by atoms with Crippen LogP contribution in [-0.4, -0.2) is 41.8 Å². The van der Waals surface area contributed by atoms with Crippen LogP contribution in [0.15, 0.2) is 41.8 Å². The molecular weight excluding hydrogens is 350 g/mol. The first-order valence-electron chi connectivity index (χ1n) is 8.18. The third-order valence-corrected chi connectivity index (χ3v) is 4.26. The largest absolute Gasteiger partial charge is 0.350 e. The summed E-state index contributed by atoms with van der Waals surface area (Å²) in [5, 5.41) is 7.40. The third kappa shape index (κ3) is 5.42. The zero-order valence-corrected chi connectivity index (χ0v) is 16.1. The van der Waals surface area contributed by atoms with Crippen molar-refractivity contribution in [1.82, 2.24) is 10.2 Å². The summed E-state index contributed by atoms with van der Waals surface area (Å²) in [6, 6.07) is 10.3. The molecule has 26 heavy (non-hydrogen) atoms. The Hall–Kier alpha value is -2.67. The second-order valence-corrected chi connectivity index (χ2v) is 7.88. The summed E-state index contributed by atoms with van der Waals surface area (Å²) < 4.78 is 0. The van der Waals surface area contributed by atoms with Crippen LogP contribution in [0.1, 0.15) is 40.8 Å². The Morgan fingerprint density at radius 3 is 2.38 bits per heavy atom. The predicted octanol–water partition coefficient (Wildman–Crippen LogP) is 2.99. The number of para-hydroxylation sites is 1. The Balaban J connectivity index is 2.11. The highest BCUT2D eigenvalue weighted by Crippen LogP contribution is 2.19. The maximum absolute atomic E-state index is 12.7. The summed E-state index contributed by atoms with van der Waals surface area (Å²) in [6.07, 6.45) is 0. The number of amides is 3. The molecule has 2 N–H and O–H groups in total. The molecule has 3 amide bonds. The van der Waals surface area contributed by atoms with Gasteiger partial charge in [-0.05, 0) is 44.4 Å². The molecule has 0 saturated heterocycles. The van der Waals surface area contributed by atoms with E-state index in [0.717, 1.165) is 0 Å². The minimum Gasteiger partial charge on any atom is -0.350 e. The highest BCUT2D eigenvalue weighted by Gasteiger charge is 2.21. The van der Waals surface area contributed by atoms with Gasteiger partial charge in [-0.25, -0.2) is 0 Å². The number of carbonyl (C=O) groups is 3. The summed E-state index contributed by atoms with van der Waals surface area (Å²) in [5.41, 5.74) is 0.385. The molecule has 0 atom stereocenters. The number of likely N-dealkylation sites (N-methyl/N-ethyl adjacent to an activating group) is 1. The van der Waals surface area contributed by atoms with Crippen molar-refractivity contribution >= 4 is 34.7 Å². The van der Waals surface area contributed by atoms with Crippen molar-refractivity contribution in [2.75, 3.05) is 18.9 Å². The molecule has 0 aliphatic heterocycles. The number of hydrogen-bond acceptors (Lipinski definition) is 4. The topological polar surface area (TPSA) is 78.5 Å². The zero-order chi connectivity index (χ0) is 19.3. The highest BCUT2D eigenvalue weighted by atomic mass is 32.1. The van der Waals surface area contributed by atoms with E-state index in [1.54, 1.807) is 43.4 Å². The lowest BCUT2D eigenvalue weighted by atomic mass is 10.1. The lowest BCUT2D eigenvalue weighted by Gasteiger charge is -2.24. The number of benzene rings is 1. The van der Waals surface area contributed by atoms with Gasteiger partial charge < -0.3 is 15.5 Å². The molecule has 0 aliphatic carbocycles. The van der Waals surface area contributed by atoms with Gasteiger partial charge in [0.2, 0.25) is 5.91 Å². The smallest absolute Gasteiger partial charge is 0.265 e. The molecule has 138 valence electrons. The Morgan fingerprint density at radius 2 is 1.77 bits per heavy atom. The van der Waals surface area contributed by atoms with Gasteiger partial charge in [-0.2, -0.15) is 0 Å². The molecule has 1 aromatic carbocycles. The van der Waals surface area contributed by atoms with E-state index in [0.29, 0.717) is 16.1 Å². The van der Waals surface area contributed by atoms with Crippen molar-refractivity contribution < 1.29 is 14.4 Å². The quantitative estimate of drug-likeness (QED) is 0.846. The van der Waals surface area contributed by atoms with Gasteiger partial charge in [0.1, 0.15) is 0 Å². The van der Waals surface area contributed by atoms with Crippen molar-refractivity contribution in [2.24, 2.45) is 0 Å². The highest BCUT2D eigenvalue weighted by molar-refractivity contribution is 7.12. The van der Waals surface area contributed by atoms with Crippen LogP contribution < -0.4 is 10.6 Å². The average Bonchev–Trinajstić information content (AvgIpc) is 3.07. The second-order valence-electron chi connectivity index (χ2n) is 6.94. The van der Waals surface area contributed by atoms with E-state index in [-0.39, 0.29) is 29.8 Å². The molecule has 0 fully saturated rings. The van der Waals surface area contributed by atoms with E-state index in [1.807, 2.05) is 26.2 Å². The van der Waals surface area contributed by atoms with Gasteiger partial charge in [0.15, 0.2) is 0 Å². The first-order chi connectivity index (χ1) is 12.2. The van der Waals surface area contributed by atoms with Crippen LogP contribution >= 0.6 is 11.3 Å². The molecular formula is C19H23N3O3S. The summed E-state index contributed by atoms with van der Waals surface area (Å²) in [4.78, 5) is 38.9. The number of anilines is 1. The average molecular weight is 373 g/mol. The minimum atomic E-state index is -0.367. The van der Waals surface area contributed by atoms with Crippen molar-refractivity contribution in [3.05, 3.63) is 52.2 Å². The van der Waals surface area contributed by atoms with Crippen LogP contribution in [0.25, 0.3) is 0 Å². The van der Waals surface area contributed by atoms with Gasteiger partial charge in [-0.3, -0.25) is 14.4 Å². The van der Waals surface area contributed by atoms with Crippen LogP contribution in [0.5, 0.6) is 0 Å². The first kappa shape index (κ1) is 19.7. The van der Waals surface area contributed by atoms with Gasteiger partial charge in [-0.15, -0.1) is 11.3 Å². The van der Waals surface area contributed by atoms with Gasteiger partial charge >= 0.3 is 0 Å². The number of hydrogen-bond donors (Lipinski definition) is 2. The molecule has 0 radical (unpaired) electrons. The summed E-state index contributed by atoms with van der Waals surface area (Å²) in [6.45, 7) is 5.57. The maximum Gasteiger partial charge on any atom is 0.265 e. The zero-order valence-electron chi connectivity index (χ0n) is 15.3. The maximum atomic E-state index is 12.7. The van der Waals surface area contributed by atoms with E-state index in [1.165, 1.54) is 16.2 Å². The van der Waals surface area contributed by atoms with Gasteiger partial charge in [0.05, 0.1) is 22.7 Å². The predicted molar refractivity (Wildman–Crippen MR) is 104 cm³/mol. The second kappa shape index (κ2) is 8.14. The fraction of sp³-hybridized carbons (Fsp3) is 0.316. The summed E-state index contributed by atoms with van der Waals surface area (Å²) in [5.74, 6) is -0.849. The molecule has 2 rings (SSSR count). The Kier molecular flexibility index (Phi) is 6.15. The van der Waals surface area contributed by atoms with Crippen molar-refractivity contribution in [2.45, 2.75) is 26.3 Å². The molecule has 0 aliphatic rings. The van der Waals surface area contributed by atoms with Crippen LogP contribution in [0, 0.1) is 0 Å². The molecule has 0 unspecified atom stereocenters. The summed E-state index contributed by atoms with van der Waals surface area (Å²) in [7, 11) is 1.56. The van der Waals surface area contributed by atoms with Crippen LogP contribution in [0.2, 0.25) is 0 Å². The molecule has 6 nitrogen and oxygen atoms in total. The lowest BCUT2D eigenvalue weighted by molar-refractivity contribution is -0.122. The van der Waals surface area contributed by atoms with E-state index in [9.17, 15) is 14.4 Å². The van der Waals surface area contributed by atoms with Crippen molar-refractivity contribution in [1.29, 1.82) is 0 Å². The van der Waals surface area contributed by atoms with Gasteiger partial charge in [0, 0.05) is 12.6 Å². The standard InChI is InChI=1S/C19H23N3O3S/c1-19(2,3)21-16(23)12-22(4)18(25)13-8-5-6-9-14(13)20-17(24)15-10-7-11-26-15/h5-11H,12H2,1-4H3,(H,20,24)(H,21,23). The number of rotatable bonds is 5. The minimum absolute atomic E-state index is 0.0662. The molecule has 1 aromatic heterocycles. The molecule has 0 saturated carbocycles. The van der Waals surface area contributed by atoms with E-state index >= 15 is 0 Å². The normalized spacial score (nSPS) is 10.9. The SMILES string of the molecule is CN(CC(=O)NC(C)(C)C)C(=O)c1ccccc1NC(=O)c1cccs1. The third-order valence-electron chi connectivity index (χ3n) is 3.39. The van der Waals surface area contributed by atoms with Gasteiger partial charge in [0.25, 0.3) is 11.8 Å². The molecule has 0 bridgehead atoms. The molecule has 1 heterocycles. The molecule has 2 aromatic rings. The lowest BCUT2D eigenvalue weighted by Crippen LogP contribution is -2.46. The first-order valence-corrected chi connectivity index (χ1v) is 9.06. The van der Waals surface area contributed by atoms with Gasteiger partial charge in [-0.1, -0.05) is 18.2 Å². The number of nitrogens with one attached hydrogen (secondary N) is 2. The van der Waals surface area contributed by atoms with Crippen LogP contribution in [0.3, 0.4) is 0 Å². The van der Waals surface area contributed by atoms with E-state index in [2.05, 4.69) is 10.6 Å². The Bertz CT molecular complexity index is 795. The van der Waals surface area contributed by atoms with E-state index in [4.69, 9.17) is 0 Å². The van der Waals surface area contributed by atoms with Crippen LogP contribution in [-0.2, 0) is 4.79 Å². The monoisotopic (exact) mass is 373 g/mol.